The maximum absolute atomic E-state index is 4.53. The second-order valence-electron chi connectivity index (χ2n) is 4.37. The van der Waals surface area contributed by atoms with E-state index in [1.54, 1.807) is 12.4 Å². The van der Waals surface area contributed by atoms with Gasteiger partial charge < -0.3 is 0 Å². The SMILES string of the molecule is Cc1ccccc1-c1ccc(-c2cncnc2)cn1. The van der Waals surface area contributed by atoms with Gasteiger partial charge in [-0.3, -0.25) is 4.98 Å². The standard InChI is InChI=1S/C16H13N3/c1-12-4-2-3-5-15(12)16-7-6-13(10-19-16)14-8-17-11-18-9-14/h2-11H,1H3. The second-order valence-corrected chi connectivity index (χ2v) is 4.37. The van der Waals surface area contributed by atoms with Crippen molar-refractivity contribution < 1.29 is 0 Å². The minimum atomic E-state index is 0.978. The number of benzene rings is 1. The Morgan fingerprint density at radius 1 is 0.789 bits per heavy atom. The molecule has 3 heteroatoms. The van der Waals surface area contributed by atoms with E-state index in [2.05, 4.69) is 34.0 Å². The first-order valence-corrected chi connectivity index (χ1v) is 6.12. The summed E-state index contributed by atoms with van der Waals surface area (Å²) in [4.78, 5) is 12.6. The third-order valence-corrected chi connectivity index (χ3v) is 3.08. The van der Waals surface area contributed by atoms with Gasteiger partial charge in [-0.25, -0.2) is 9.97 Å². The quantitative estimate of drug-likeness (QED) is 0.695. The van der Waals surface area contributed by atoms with Crippen LogP contribution in [0.4, 0.5) is 0 Å². The van der Waals surface area contributed by atoms with Crippen LogP contribution in [0.1, 0.15) is 5.56 Å². The molecule has 0 aliphatic heterocycles. The van der Waals surface area contributed by atoms with E-state index >= 15 is 0 Å². The van der Waals surface area contributed by atoms with Crippen LogP contribution >= 0.6 is 0 Å². The monoisotopic (exact) mass is 247 g/mol. The fourth-order valence-corrected chi connectivity index (χ4v) is 2.03. The summed E-state index contributed by atoms with van der Waals surface area (Å²) in [5.41, 5.74) is 5.38. The van der Waals surface area contributed by atoms with Crippen LogP contribution in [0.25, 0.3) is 22.4 Å². The van der Waals surface area contributed by atoms with Gasteiger partial charge in [0, 0.05) is 35.3 Å². The molecule has 92 valence electrons. The molecule has 0 spiro atoms. The fourth-order valence-electron chi connectivity index (χ4n) is 2.03. The zero-order valence-electron chi connectivity index (χ0n) is 10.6. The molecule has 0 fully saturated rings. The summed E-state index contributed by atoms with van der Waals surface area (Å²) >= 11 is 0. The maximum atomic E-state index is 4.53. The van der Waals surface area contributed by atoms with Crippen LogP contribution in [0.5, 0.6) is 0 Å². The van der Waals surface area contributed by atoms with Crippen molar-refractivity contribution in [3.63, 3.8) is 0 Å². The molecule has 19 heavy (non-hydrogen) atoms. The average molecular weight is 247 g/mol. The first-order chi connectivity index (χ1) is 9.34. The van der Waals surface area contributed by atoms with Crippen LogP contribution in [0, 0.1) is 6.92 Å². The van der Waals surface area contributed by atoms with E-state index in [-0.39, 0.29) is 0 Å². The highest BCUT2D eigenvalue weighted by atomic mass is 14.8. The molecular formula is C16H13N3. The first-order valence-electron chi connectivity index (χ1n) is 6.12. The number of nitrogens with zero attached hydrogens (tertiary/aromatic N) is 3. The van der Waals surface area contributed by atoms with E-state index < -0.39 is 0 Å². The Morgan fingerprint density at radius 2 is 1.58 bits per heavy atom. The highest BCUT2D eigenvalue weighted by molar-refractivity contribution is 5.67. The number of pyridine rings is 1. The van der Waals surface area contributed by atoms with E-state index in [4.69, 9.17) is 0 Å². The summed E-state index contributed by atoms with van der Waals surface area (Å²) in [6.45, 7) is 2.09. The Kier molecular flexibility index (Phi) is 3.02. The molecule has 0 unspecified atom stereocenters. The van der Waals surface area contributed by atoms with E-state index in [1.165, 1.54) is 17.5 Å². The van der Waals surface area contributed by atoms with Crippen molar-refractivity contribution in [1.82, 2.24) is 15.0 Å². The van der Waals surface area contributed by atoms with Crippen LogP contribution < -0.4 is 0 Å². The number of hydrogen-bond acceptors (Lipinski definition) is 3. The summed E-state index contributed by atoms with van der Waals surface area (Å²) < 4.78 is 0. The summed E-state index contributed by atoms with van der Waals surface area (Å²) in [5.74, 6) is 0. The van der Waals surface area contributed by atoms with Crippen molar-refractivity contribution in [3.8, 4) is 22.4 Å². The average Bonchev–Trinajstić information content (AvgIpc) is 2.49. The largest absolute Gasteiger partial charge is 0.256 e. The molecule has 0 saturated heterocycles. The van der Waals surface area contributed by atoms with Gasteiger partial charge in [-0.1, -0.05) is 30.3 Å². The topological polar surface area (TPSA) is 38.7 Å². The summed E-state index contributed by atoms with van der Waals surface area (Å²) in [5, 5.41) is 0. The second kappa shape index (κ2) is 4.98. The lowest BCUT2D eigenvalue weighted by Gasteiger charge is -2.06. The Hall–Kier alpha value is -2.55. The predicted molar refractivity (Wildman–Crippen MR) is 75.4 cm³/mol. The molecule has 0 aliphatic rings. The Morgan fingerprint density at radius 3 is 2.26 bits per heavy atom. The Bertz CT molecular complexity index is 676. The van der Waals surface area contributed by atoms with Crippen molar-refractivity contribution in [2.75, 3.05) is 0 Å². The third kappa shape index (κ3) is 2.36. The highest BCUT2D eigenvalue weighted by Crippen LogP contribution is 2.23. The molecule has 3 rings (SSSR count). The number of hydrogen-bond donors (Lipinski definition) is 0. The predicted octanol–water partition coefficient (Wildman–Crippen LogP) is 3.51. The molecule has 0 aliphatic carbocycles. The molecule has 0 bridgehead atoms. The number of aromatic nitrogens is 3. The maximum Gasteiger partial charge on any atom is 0.115 e. The lowest BCUT2D eigenvalue weighted by molar-refractivity contribution is 1.17. The first kappa shape index (κ1) is 11.5. The lowest BCUT2D eigenvalue weighted by Crippen LogP contribution is -1.88. The van der Waals surface area contributed by atoms with Gasteiger partial charge in [0.25, 0.3) is 0 Å². The minimum absolute atomic E-state index is 0.978. The minimum Gasteiger partial charge on any atom is -0.256 e. The normalized spacial score (nSPS) is 10.4. The Balaban J connectivity index is 1.98. The van der Waals surface area contributed by atoms with Gasteiger partial charge in [-0.15, -0.1) is 0 Å². The van der Waals surface area contributed by atoms with Crippen LogP contribution in [-0.2, 0) is 0 Å². The van der Waals surface area contributed by atoms with Crippen LogP contribution in [0.15, 0.2) is 61.3 Å². The third-order valence-electron chi connectivity index (χ3n) is 3.08. The van der Waals surface area contributed by atoms with Crippen molar-refractivity contribution in [2.24, 2.45) is 0 Å². The van der Waals surface area contributed by atoms with Gasteiger partial charge >= 0.3 is 0 Å². The van der Waals surface area contributed by atoms with E-state index in [0.717, 1.165) is 16.8 Å². The van der Waals surface area contributed by atoms with Gasteiger partial charge in [-0.05, 0) is 18.6 Å². The van der Waals surface area contributed by atoms with E-state index in [9.17, 15) is 0 Å². The van der Waals surface area contributed by atoms with Crippen molar-refractivity contribution >= 4 is 0 Å². The van der Waals surface area contributed by atoms with Crippen LogP contribution in [0.2, 0.25) is 0 Å². The van der Waals surface area contributed by atoms with Gasteiger partial charge in [0.15, 0.2) is 0 Å². The van der Waals surface area contributed by atoms with Crippen LogP contribution in [-0.4, -0.2) is 15.0 Å². The number of rotatable bonds is 2. The zero-order valence-corrected chi connectivity index (χ0v) is 10.6. The smallest absolute Gasteiger partial charge is 0.115 e. The molecule has 1 aromatic carbocycles. The molecule has 0 saturated carbocycles. The van der Waals surface area contributed by atoms with Gasteiger partial charge in [0.05, 0.1) is 5.69 Å². The molecule has 0 N–H and O–H groups in total. The molecule has 2 aromatic heterocycles. The van der Waals surface area contributed by atoms with E-state index in [1.807, 2.05) is 30.5 Å². The summed E-state index contributed by atoms with van der Waals surface area (Å²) in [7, 11) is 0. The van der Waals surface area contributed by atoms with Gasteiger partial charge in [0.2, 0.25) is 0 Å². The summed E-state index contributed by atoms with van der Waals surface area (Å²) in [6.07, 6.45) is 6.97. The van der Waals surface area contributed by atoms with Crippen molar-refractivity contribution in [3.05, 3.63) is 66.9 Å². The highest BCUT2D eigenvalue weighted by Gasteiger charge is 2.03. The van der Waals surface area contributed by atoms with Crippen LogP contribution in [0.3, 0.4) is 0 Å². The van der Waals surface area contributed by atoms with Gasteiger partial charge in [-0.2, -0.15) is 0 Å². The lowest BCUT2D eigenvalue weighted by atomic mass is 10.0. The molecule has 2 heterocycles. The molecule has 0 radical (unpaired) electrons. The number of aryl methyl sites for hydroxylation is 1. The molecular weight excluding hydrogens is 234 g/mol. The van der Waals surface area contributed by atoms with Crippen molar-refractivity contribution in [1.29, 1.82) is 0 Å². The van der Waals surface area contributed by atoms with E-state index in [0.29, 0.717) is 0 Å². The zero-order chi connectivity index (χ0) is 13.1. The molecule has 3 aromatic rings. The van der Waals surface area contributed by atoms with Gasteiger partial charge in [0.1, 0.15) is 6.33 Å². The van der Waals surface area contributed by atoms with Crippen molar-refractivity contribution in [2.45, 2.75) is 6.92 Å². The Labute approximate surface area is 112 Å². The molecule has 3 nitrogen and oxygen atoms in total. The summed E-state index contributed by atoms with van der Waals surface area (Å²) in [6, 6.07) is 12.3. The molecule has 0 amide bonds. The molecule has 0 atom stereocenters. The fraction of sp³-hybridized carbons (Fsp3) is 0.0625.